The highest BCUT2D eigenvalue weighted by Crippen LogP contribution is 2.34. The molecule has 27 heavy (non-hydrogen) atoms. The molecule has 2 atom stereocenters. The van der Waals surface area contributed by atoms with Crippen LogP contribution in [0.1, 0.15) is 50.4 Å². The van der Waals surface area contributed by atoms with Gasteiger partial charge in [0.1, 0.15) is 17.1 Å². The van der Waals surface area contributed by atoms with E-state index in [9.17, 15) is 17.7 Å². The first kappa shape index (κ1) is 21.6. The van der Waals surface area contributed by atoms with Crippen molar-refractivity contribution in [1.29, 1.82) is 0 Å². The molecule has 0 aliphatic carbocycles. The van der Waals surface area contributed by atoms with Gasteiger partial charge in [-0.15, -0.1) is 4.72 Å². The summed E-state index contributed by atoms with van der Waals surface area (Å²) in [4.78, 5) is 0. The zero-order valence-corrected chi connectivity index (χ0v) is 16.6. The topological polar surface area (TPSA) is 44.3 Å². The van der Waals surface area contributed by atoms with E-state index in [0.717, 1.165) is 17.7 Å². The highest BCUT2D eigenvalue weighted by atomic mass is 32.2. The lowest BCUT2D eigenvalue weighted by Gasteiger charge is -2.27. The smallest absolute Gasteiger partial charge is 0.416 e. The molecular weight excluding hydrogens is 375 g/mol. The average molecular weight is 399 g/mol. The van der Waals surface area contributed by atoms with E-state index in [4.69, 9.17) is 4.74 Å². The molecule has 0 amide bonds. The first-order valence-corrected chi connectivity index (χ1v) is 9.69. The minimum absolute atomic E-state index is 0.124. The van der Waals surface area contributed by atoms with Crippen LogP contribution < -0.4 is 9.46 Å². The van der Waals surface area contributed by atoms with Gasteiger partial charge in [-0.1, -0.05) is 30.3 Å². The molecule has 0 aliphatic rings. The molecule has 0 fully saturated rings. The van der Waals surface area contributed by atoms with Gasteiger partial charge in [0, 0.05) is 11.4 Å². The molecule has 0 saturated heterocycles. The summed E-state index contributed by atoms with van der Waals surface area (Å²) in [6, 6.07) is 12.3. The Balaban J connectivity index is 2.25. The summed E-state index contributed by atoms with van der Waals surface area (Å²) in [7, 11) is 0. The number of benzene rings is 2. The molecule has 0 aromatic heterocycles. The summed E-state index contributed by atoms with van der Waals surface area (Å²) >= 11 is -1.41. The van der Waals surface area contributed by atoms with E-state index in [1.165, 1.54) is 0 Å². The van der Waals surface area contributed by atoms with Crippen LogP contribution >= 0.6 is 0 Å². The van der Waals surface area contributed by atoms with Crippen molar-refractivity contribution in [1.82, 2.24) is 4.72 Å². The number of ether oxygens (including phenoxy) is 1. The zero-order chi connectivity index (χ0) is 20.2. The van der Waals surface area contributed by atoms with E-state index in [2.05, 4.69) is 4.72 Å². The third-order valence-electron chi connectivity index (χ3n) is 3.84. The number of hydrogen-bond acceptors (Lipinski definition) is 3. The van der Waals surface area contributed by atoms with E-state index in [0.29, 0.717) is 5.56 Å². The highest BCUT2D eigenvalue weighted by Gasteiger charge is 2.33. The van der Waals surface area contributed by atoms with Crippen LogP contribution in [-0.2, 0) is 24.1 Å². The molecule has 7 heteroatoms. The van der Waals surface area contributed by atoms with Gasteiger partial charge in [0.25, 0.3) is 0 Å². The Hall–Kier alpha value is -1.70. The lowest BCUT2D eigenvalue weighted by Crippen LogP contribution is -2.40. The summed E-state index contributed by atoms with van der Waals surface area (Å²) in [5.74, 6) is 0.124. The molecule has 2 rings (SSSR count). The molecule has 148 valence electrons. The second kappa shape index (κ2) is 8.54. The summed E-state index contributed by atoms with van der Waals surface area (Å²) < 4.78 is 60.1. The maximum absolute atomic E-state index is 13.3. The van der Waals surface area contributed by atoms with E-state index >= 15 is 0 Å². The molecule has 0 saturated carbocycles. The van der Waals surface area contributed by atoms with E-state index in [-0.39, 0.29) is 12.4 Å². The third-order valence-corrected chi connectivity index (χ3v) is 5.52. The van der Waals surface area contributed by atoms with Crippen molar-refractivity contribution in [3.05, 3.63) is 65.2 Å². The average Bonchev–Trinajstić information content (AvgIpc) is 2.59. The maximum Gasteiger partial charge on any atom is 0.416 e. The molecule has 0 radical (unpaired) electrons. The fraction of sp³-hybridized carbons (Fsp3) is 0.400. The summed E-state index contributed by atoms with van der Waals surface area (Å²) in [5.41, 5.74) is 0.431. The van der Waals surface area contributed by atoms with Crippen molar-refractivity contribution < 1.29 is 22.5 Å². The molecule has 2 aromatic carbocycles. The molecule has 0 heterocycles. The number of rotatable bonds is 6. The molecule has 2 aromatic rings. The lowest BCUT2D eigenvalue weighted by atomic mass is 10.0. The summed E-state index contributed by atoms with van der Waals surface area (Å²) in [5, 5.41) is 0. The predicted molar refractivity (Wildman–Crippen MR) is 102 cm³/mol. The molecule has 1 N–H and O–H groups in total. The highest BCUT2D eigenvalue weighted by molar-refractivity contribution is 7.90. The van der Waals surface area contributed by atoms with Crippen LogP contribution in [0.5, 0.6) is 5.75 Å². The lowest BCUT2D eigenvalue weighted by molar-refractivity contribution is -0.137. The first-order chi connectivity index (χ1) is 12.5. The van der Waals surface area contributed by atoms with Gasteiger partial charge in [0.05, 0.1) is 11.6 Å². The van der Waals surface area contributed by atoms with Gasteiger partial charge in [-0.3, -0.25) is 0 Å². The SMILES string of the molecule is CC(N[S@+]([O-])C(C)(C)C)c1cc(OCc2ccccc2)cc(C(F)(F)F)c1. The second-order valence-corrected chi connectivity index (χ2v) is 9.28. The van der Waals surface area contributed by atoms with Crippen LogP contribution in [0.2, 0.25) is 0 Å². The third kappa shape index (κ3) is 6.45. The number of halogens is 3. The van der Waals surface area contributed by atoms with E-state index in [1.807, 2.05) is 30.3 Å². The van der Waals surface area contributed by atoms with Crippen LogP contribution in [0, 0.1) is 0 Å². The molecule has 3 nitrogen and oxygen atoms in total. The predicted octanol–water partition coefficient (Wildman–Crippen LogP) is 5.40. The zero-order valence-electron chi connectivity index (χ0n) is 15.8. The molecule has 1 unspecified atom stereocenters. The Kier molecular flexibility index (Phi) is 6.83. The number of alkyl halides is 3. The van der Waals surface area contributed by atoms with Crippen LogP contribution in [-0.4, -0.2) is 9.30 Å². The maximum atomic E-state index is 13.3. The quantitative estimate of drug-likeness (QED) is 0.662. The fourth-order valence-electron chi connectivity index (χ4n) is 2.27. The minimum atomic E-state index is -4.50. The van der Waals surface area contributed by atoms with Gasteiger partial charge in [-0.25, -0.2) is 0 Å². The van der Waals surface area contributed by atoms with Crippen LogP contribution in [0.25, 0.3) is 0 Å². The number of nitrogens with one attached hydrogen (secondary N) is 1. The van der Waals surface area contributed by atoms with Gasteiger partial charge in [-0.2, -0.15) is 13.2 Å². The largest absolute Gasteiger partial charge is 0.598 e. The van der Waals surface area contributed by atoms with Crippen molar-refractivity contribution >= 4 is 11.4 Å². The van der Waals surface area contributed by atoms with Gasteiger partial charge < -0.3 is 9.29 Å². The number of hydrogen-bond donors (Lipinski definition) is 1. The monoisotopic (exact) mass is 399 g/mol. The van der Waals surface area contributed by atoms with Crippen LogP contribution in [0.4, 0.5) is 13.2 Å². The molecule has 0 aliphatic heterocycles. The van der Waals surface area contributed by atoms with Crippen LogP contribution in [0.3, 0.4) is 0 Å². The van der Waals surface area contributed by atoms with E-state index < -0.39 is 33.9 Å². The summed E-state index contributed by atoms with van der Waals surface area (Å²) in [6.45, 7) is 7.23. The Bertz CT molecular complexity index is 745. The van der Waals surface area contributed by atoms with E-state index in [1.54, 1.807) is 33.8 Å². The van der Waals surface area contributed by atoms with Crippen molar-refractivity contribution in [2.45, 2.75) is 51.3 Å². The van der Waals surface area contributed by atoms with Gasteiger partial charge >= 0.3 is 6.18 Å². The second-order valence-electron chi connectivity index (χ2n) is 7.28. The Morgan fingerprint density at radius 3 is 2.26 bits per heavy atom. The molecule has 0 bridgehead atoms. The molecule has 0 spiro atoms. The molecular formula is C20H24F3NO2S. The van der Waals surface area contributed by atoms with Crippen molar-refractivity contribution in [3.63, 3.8) is 0 Å². The minimum Gasteiger partial charge on any atom is -0.598 e. The first-order valence-electron chi connectivity index (χ1n) is 8.54. The van der Waals surface area contributed by atoms with Gasteiger partial charge in [-0.05, 0) is 57.0 Å². The Labute approximate surface area is 161 Å². The van der Waals surface area contributed by atoms with Gasteiger partial charge in [0.15, 0.2) is 0 Å². The van der Waals surface area contributed by atoms with Crippen LogP contribution in [0.15, 0.2) is 48.5 Å². The van der Waals surface area contributed by atoms with Crippen molar-refractivity contribution in [2.75, 3.05) is 0 Å². The van der Waals surface area contributed by atoms with Gasteiger partial charge in [0.2, 0.25) is 0 Å². The Morgan fingerprint density at radius 1 is 1.07 bits per heavy atom. The van der Waals surface area contributed by atoms with Crippen molar-refractivity contribution in [3.8, 4) is 5.75 Å². The van der Waals surface area contributed by atoms with Crippen molar-refractivity contribution in [2.24, 2.45) is 0 Å². The normalized spacial score (nSPS) is 14.7. The Morgan fingerprint density at radius 2 is 1.70 bits per heavy atom. The fourth-order valence-corrected chi connectivity index (χ4v) is 3.08. The standard InChI is InChI=1S/C20H24F3NO2S/c1-14(24-27(25)19(2,3)4)16-10-17(20(21,22)23)12-18(11-16)26-13-15-8-6-5-7-9-15/h5-12,14,24H,13H2,1-4H3/t14?,27-/m1/s1. The summed E-state index contributed by atoms with van der Waals surface area (Å²) in [6.07, 6.45) is -4.50.